The summed E-state index contributed by atoms with van der Waals surface area (Å²) in [6.07, 6.45) is 0. The molecule has 0 bridgehead atoms. The fourth-order valence-corrected chi connectivity index (χ4v) is 1.25. The van der Waals surface area contributed by atoms with Crippen molar-refractivity contribution >= 4 is 11.6 Å². The summed E-state index contributed by atoms with van der Waals surface area (Å²) in [5.41, 5.74) is 0. The van der Waals surface area contributed by atoms with E-state index in [0.717, 1.165) is 11.8 Å². The van der Waals surface area contributed by atoms with E-state index in [1.165, 1.54) is 0 Å². The third-order valence-electron chi connectivity index (χ3n) is 2.61. The molecule has 3 unspecified atom stereocenters. The zero-order chi connectivity index (χ0) is 8.31. The zero-order valence-electron chi connectivity index (χ0n) is 7.69. The maximum Gasteiger partial charge on any atom is 0.0336 e. The molecule has 0 aliphatic rings. The molecule has 0 rings (SSSR count). The number of hydrogen-bond acceptors (Lipinski definition) is 0. The van der Waals surface area contributed by atoms with E-state index in [9.17, 15) is 0 Å². The minimum absolute atomic E-state index is 0.303. The summed E-state index contributed by atoms with van der Waals surface area (Å²) in [4.78, 5) is 0. The average molecular weight is 163 g/mol. The Morgan fingerprint density at radius 3 is 1.30 bits per heavy atom. The Kier molecular flexibility index (Phi) is 4.35. The Morgan fingerprint density at radius 1 is 0.800 bits per heavy atom. The van der Waals surface area contributed by atoms with E-state index in [-0.39, 0.29) is 0 Å². The molecule has 3 atom stereocenters. The lowest BCUT2D eigenvalue weighted by molar-refractivity contribution is 0.293. The maximum atomic E-state index is 5.97. The van der Waals surface area contributed by atoms with Crippen molar-refractivity contribution in [3.8, 4) is 0 Å². The van der Waals surface area contributed by atoms with Gasteiger partial charge in [0.1, 0.15) is 0 Å². The van der Waals surface area contributed by atoms with Gasteiger partial charge in [0.2, 0.25) is 0 Å². The van der Waals surface area contributed by atoms with Gasteiger partial charge < -0.3 is 0 Å². The van der Waals surface area contributed by atoms with Crippen LogP contribution in [0.3, 0.4) is 0 Å². The van der Waals surface area contributed by atoms with Crippen LogP contribution in [0.4, 0.5) is 0 Å². The molecule has 0 N–H and O–H groups in total. The Morgan fingerprint density at radius 2 is 1.20 bits per heavy atom. The first-order chi connectivity index (χ1) is 4.46. The van der Waals surface area contributed by atoms with E-state index in [2.05, 4.69) is 34.6 Å². The number of alkyl halides is 1. The van der Waals surface area contributed by atoms with E-state index in [1.54, 1.807) is 0 Å². The summed E-state index contributed by atoms with van der Waals surface area (Å²) in [7, 11) is 0. The molecule has 0 saturated carbocycles. The van der Waals surface area contributed by atoms with Gasteiger partial charge in [-0.3, -0.25) is 0 Å². The maximum absolute atomic E-state index is 5.97. The van der Waals surface area contributed by atoms with Gasteiger partial charge in [0.05, 0.1) is 0 Å². The van der Waals surface area contributed by atoms with Crippen LogP contribution >= 0.6 is 11.6 Å². The highest BCUT2D eigenvalue weighted by Gasteiger charge is 2.19. The zero-order valence-corrected chi connectivity index (χ0v) is 8.44. The smallest absolute Gasteiger partial charge is 0.0336 e. The van der Waals surface area contributed by atoms with Crippen molar-refractivity contribution in [2.45, 2.75) is 40.0 Å². The van der Waals surface area contributed by atoms with Crippen LogP contribution in [-0.2, 0) is 0 Å². The molecule has 0 fully saturated rings. The second kappa shape index (κ2) is 4.23. The minimum atomic E-state index is 0.303. The first-order valence-electron chi connectivity index (χ1n) is 4.10. The minimum Gasteiger partial charge on any atom is -0.123 e. The lowest BCUT2D eigenvalue weighted by Gasteiger charge is -2.25. The quantitative estimate of drug-likeness (QED) is 0.557. The molecule has 0 spiro atoms. The molecule has 0 aromatic rings. The molecule has 1 heteroatoms. The van der Waals surface area contributed by atoms with Gasteiger partial charge in [0.25, 0.3) is 0 Å². The highest BCUT2D eigenvalue weighted by molar-refractivity contribution is 6.20. The van der Waals surface area contributed by atoms with Gasteiger partial charge in [-0.15, -0.1) is 11.6 Å². The number of halogens is 1. The normalized spacial score (nSPS) is 20.7. The Hall–Kier alpha value is 0.290. The molecule has 0 amide bonds. The summed E-state index contributed by atoms with van der Waals surface area (Å²) < 4.78 is 0. The molecule has 0 aromatic heterocycles. The molecule has 0 heterocycles. The number of hydrogen-bond donors (Lipinski definition) is 0. The second-order valence-corrected chi connectivity index (χ2v) is 4.33. The van der Waals surface area contributed by atoms with E-state index < -0.39 is 0 Å². The van der Waals surface area contributed by atoms with Crippen molar-refractivity contribution in [2.24, 2.45) is 17.8 Å². The van der Waals surface area contributed by atoms with E-state index in [1.807, 2.05) is 0 Å². The topological polar surface area (TPSA) is 0 Å². The van der Waals surface area contributed by atoms with Gasteiger partial charge in [0.15, 0.2) is 0 Å². The van der Waals surface area contributed by atoms with Crippen molar-refractivity contribution < 1.29 is 0 Å². The molecule has 10 heavy (non-hydrogen) atoms. The number of rotatable bonds is 3. The summed E-state index contributed by atoms with van der Waals surface area (Å²) in [5, 5.41) is 0.303. The van der Waals surface area contributed by atoms with Gasteiger partial charge in [-0.25, -0.2) is 0 Å². The highest BCUT2D eigenvalue weighted by Crippen LogP contribution is 2.25. The highest BCUT2D eigenvalue weighted by atomic mass is 35.5. The Bertz CT molecular complexity index is 74.7. The monoisotopic (exact) mass is 162 g/mol. The molecular weight excluding hydrogens is 144 g/mol. The average Bonchev–Trinajstić information content (AvgIpc) is 1.84. The fraction of sp³-hybridized carbons (Fsp3) is 1.00. The summed E-state index contributed by atoms with van der Waals surface area (Å²) >= 11 is 5.97. The van der Waals surface area contributed by atoms with Crippen LogP contribution in [0.5, 0.6) is 0 Å². The van der Waals surface area contributed by atoms with Crippen molar-refractivity contribution in [1.29, 1.82) is 0 Å². The van der Waals surface area contributed by atoms with Gasteiger partial charge in [-0.05, 0) is 24.7 Å². The van der Waals surface area contributed by atoms with E-state index in [0.29, 0.717) is 11.3 Å². The third kappa shape index (κ3) is 2.92. The molecular formula is C9H19Cl. The molecule has 0 nitrogen and oxygen atoms in total. The Balaban J connectivity index is 3.81. The standard InChI is InChI=1S/C9H19Cl/c1-6(2)7(3)8(4)9(5)10/h6-9H,1-5H3. The van der Waals surface area contributed by atoms with Crippen LogP contribution in [0.25, 0.3) is 0 Å². The van der Waals surface area contributed by atoms with Crippen LogP contribution in [0.2, 0.25) is 0 Å². The fourth-order valence-electron chi connectivity index (χ4n) is 1.03. The predicted molar refractivity (Wildman–Crippen MR) is 48.5 cm³/mol. The van der Waals surface area contributed by atoms with Gasteiger partial charge in [0, 0.05) is 5.38 Å². The van der Waals surface area contributed by atoms with Crippen molar-refractivity contribution in [3.63, 3.8) is 0 Å². The largest absolute Gasteiger partial charge is 0.123 e. The van der Waals surface area contributed by atoms with Crippen molar-refractivity contribution in [3.05, 3.63) is 0 Å². The molecule has 0 aromatic carbocycles. The summed E-state index contributed by atoms with van der Waals surface area (Å²) in [5.74, 6) is 2.10. The van der Waals surface area contributed by atoms with Crippen molar-refractivity contribution in [1.82, 2.24) is 0 Å². The molecule has 62 valence electrons. The predicted octanol–water partition coefficient (Wildman–Crippen LogP) is 3.54. The SMILES string of the molecule is CC(C)C(C)C(C)C(C)Cl. The molecule has 0 saturated heterocycles. The molecule has 0 aliphatic carbocycles. The second-order valence-electron chi connectivity index (χ2n) is 3.64. The third-order valence-corrected chi connectivity index (χ3v) is 3.00. The van der Waals surface area contributed by atoms with Crippen molar-refractivity contribution in [2.75, 3.05) is 0 Å². The van der Waals surface area contributed by atoms with Crippen LogP contribution in [0.15, 0.2) is 0 Å². The Labute approximate surface area is 70.0 Å². The van der Waals surface area contributed by atoms with Crippen LogP contribution in [0.1, 0.15) is 34.6 Å². The van der Waals surface area contributed by atoms with Gasteiger partial charge in [-0.2, -0.15) is 0 Å². The summed E-state index contributed by atoms with van der Waals surface area (Å²) in [6.45, 7) is 11.1. The van der Waals surface area contributed by atoms with E-state index in [4.69, 9.17) is 11.6 Å². The lowest BCUT2D eigenvalue weighted by Crippen LogP contribution is -2.20. The molecule has 0 radical (unpaired) electrons. The van der Waals surface area contributed by atoms with Crippen LogP contribution < -0.4 is 0 Å². The lowest BCUT2D eigenvalue weighted by atomic mass is 9.84. The van der Waals surface area contributed by atoms with Gasteiger partial charge in [-0.1, -0.05) is 27.7 Å². The van der Waals surface area contributed by atoms with Crippen LogP contribution in [-0.4, -0.2) is 5.38 Å². The first kappa shape index (κ1) is 10.3. The van der Waals surface area contributed by atoms with Gasteiger partial charge >= 0.3 is 0 Å². The van der Waals surface area contributed by atoms with Crippen LogP contribution in [0, 0.1) is 17.8 Å². The molecule has 0 aliphatic heterocycles. The summed E-state index contributed by atoms with van der Waals surface area (Å²) in [6, 6.07) is 0. The van der Waals surface area contributed by atoms with E-state index >= 15 is 0 Å². The first-order valence-corrected chi connectivity index (χ1v) is 4.54.